The summed E-state index contributed by atoms with van der Waals surface area (Å²) in [5.41, 5.74) is 0.977. The van der Waals surface area contributed by atoms with Crippen LogP contribution >= 0.6 is 12.2 Å². The molecule has 0 fully saturated rings. The van der Waals surface area contributed by atoms with Gasteiger partial charge in [-0.05, 0) is 74.8 Å². The third-order valence-corrected chi connectivity index (χ3v) is 4.09. The van der Waals surface area contributed by atoms with Crippen molar-refractivity contribution >= 4 is 28.7 Å². The molecule has 0 saturated heterocycles. The van der Waals surface area contributed by atoms with Crippen LogP contribution in [0.2, 0.25) is 0 Å². The van der Waals surface area contributed by atoms with Gasteiger partial charge in [0.05, 0.1) is 18.1 Å². The number of non-ortho nitro benzene ring substituents is 1. The summed E-state index contributed by atoms with van der Waals surface area (Å²) in [7, 11) is 0. The zero-order valence-corrected chi connectivity index (χ0v) is 16.7. The van der Waals surface area contributed by atoms with E-state index in [9.17, 15) is 10.1 Å². The van der Waals surface area contributed by atoms with Crippen molar-refractivity contribution in [2.45, 2.75) is 26.2 Å². The Bertz CT molecular complexity index is 751. The summed E-state index contributed by atoms with van der Waals surface area (Å²) in [6.07, 6.45) is 2.86. The standard InChI is InChI=1S/C20H25N3O4S/c1-2-26-18-10-6-16(7-11-18)22-20(28)21-14-4-3-5-15-27-19-12-8-17(9-13-19)23(24)25/h6-13H,2-5,14-15H2,1H3,(H2,21,22,28). The maximum atomic E-state index is 10.6. The monoisotopic (exact) mass is 403 g/mol. The van der Waals surface area contributed by atoms with Gasteiger partial charge in [0.25, 0.3) is 5.69 Å². The van der Waals surface area contributed by atoms with Gasteiger partial charge in [0.15, 0.2) is 5.11 Å². The van der Waals surface area contributed by atoms with Crippen molar-refractivity contribution in [2.75, 3.05) is 25.1 Å². The molecule has 8 heteroatoms. The first-order valence-electron chi connectivity index (χ1n) is 9.23. The highest BCUT2D eigenvalue weighted by Gasteiger charge is 2.04. The Kier molecular flexibility index (Phi) is 9.00. The van der Waals surface area contributed by atoms with Crippen LogP contribution in [-0.4, -0.2) is 29.8 Å². The highest BCUT2D eigenvalue weighted by molar-refractivity contribution is 7.80. The molecular formula is C20H25N3O4S. The first-order chi connectivity index (χ1) is 13.6. The minimum atomic E-state index is -0.425. The maximum absolute atomic E-state index is 10.6. The average molecular weight is 404 g/mol. The third kappa shape index (κ3) is 7.79. The quantitative estimate of drug-likeness (QED) is 0.247. The Balaban J connectivity index is 1.53. The number of rotatable bonds is 11. The van der Waals surface area contributed by atoms with Crippen molar-refractivity contribution in [1.29, 1.82) is 0 Å². The number of ether oxygens (including phenoxy) is 2. The molecule has 0 bridgehead atoms. The molecule has 0 aliphatic carbocycles. The molecule has 2 rings (SSSR count). The fourth-order valence-electron chi connectivity index (χ4n) is 2.44. The summed E-state index contributed by atoms with van der Waals surface area (Å²) in [5, 5.41) is 17.5. The number of benzene rings is 2. The Morgan fingerprint density at radius 2 is 1.64 bits per heavy atom. The van der Waals surface area contributed by atoms with Crippen molar-refractivity contribution in [3.63, 3.8) is 0 Å². The van der Waals surface area contributed by atoms with Crippen LogP contribution in [-0.2, 0) is 0 Å². The zero-order chi connectivity index (χ0) is 20.2. The highest BCUT2D eigenvalue weighted by Crippen LogP contribution is 2.17. The molecule has 28 heavy (non-hydrogen) atoms. The van der Waals surface area contributed by atoms with E-state index in [1.54, 1.807) is 12.1 Å². The van der Waals surface area contributed by atoms with E-state index >= 15 is 0 Å². The first kappa shape index (κ1) is 21.4. The zero-order valence-electron chi connectivity index (χ0n) is 15.8. The minimum Gasteiger partial charge on any atom is -0.494 e. The van der Waals surface area contributed by atoms with Crippen molar-refractivity contribution in [2.24, 2.45) is 0 Å². The summed E-state index contributed by atoms with van der Waals surface area (Å²) in [5.74, 6) is 1.48. The second kappa shape index (κ2) is 11.8. The van der Waals surface area contributed by atoms with Gasteiger partial charge in [-0.3, -0.25) is 10.1 Å². The van der Waals surface area contributed by atoms with E-state index in [1.165, 1.54) is 12.1 Å². The largest absolute Gasteiger partial charge is 0.494 e. The lowest BCUT2D eigenvalue weighted by Crippen LogP contribution is -2.29. The number of anilines is 1. The smallest absolute Gasteiger partial charge is 0.269 e. The molecule has 0 aliphatic rings. The Morgan fingerprint density at radius 3 is 2.29 bits per heavy atom. The predicted molar refractivity (Wildman–Crippen MR) is 114 cm³/mol. The molecule has 0 aliphatic heterocycles. The molecule has 0 spiro atoms. The molecule has 0 amide bonds. The SMILES string of the molecule is CCOc1ccc(NC(=S)NCCCCCOc2ccc([N+](=O)[O-])cc2)cc1. The van der Waals surface area contributed by atoms with Crippen molar-refractivity contribution in [3.05, 3.63) is 58.6 Å². The minimum absolute atomic E-state index is 0.0632. The first-order valence-corrected chi connectivity index (χ1v) is 9.64. The molecular weight excluding hydrogens is 378 g/mol. The Hall–Kier alpha value is -2.87. The second-order valence-electron chi connectivity index (χ2n) is 6.00. The fraction of sp³-hybridized carbons (Fsp3) is 0.350. The fourth-order valence-corrected chi connectivity index (χ4v) is 2.66. The molecule has 0 aromatic heterocycles. The lowest BCUT2D eigenvalue weighted by atomic mass is 10.2. The van der Waals surface area contributed by atoms with Gasteiger partial charge in [-0.15, -0.1) is 0 Å². The van der Waals surface area contributed by atoms with Crippen molar-refractivity contribution < 1.29 is 14.4 Å². The molecule has 2 aromatic rings. The van der Waals surface area contributed by atoms with Gasteiger partial charge < -0.3 is 20.1 Å². The van der Waals surface area contributed by atoms with E-state index in [1.807, 2.05) is 31.2 Å². The number of hydrogen-bond donors (Lipinski definition) is 2. The van der Waals surface area contributed by atoms with Crippen LogP contribution in [0.3, 0.4) is 0 Å². The average Bonchev–Trinajstić information content (AvgIpc) is 2.69. The summed E-state index contributed by atoms with van der Waals surface area (Å²) >= 11 is 5.29. The van der Waals surface area contributed by atoms with E-state index in [0.717, 1.165) is 37.2 Å². The number of hydrogen-bond acceptors (Lipinski definition) is 5. The molecule has 2 N–H and O–H groups in total. The lowest BCUT2D eigenvalue weighted by molar-refractivity contribution is -0.384. The summed E-state index contributed by atoms with van der Waals surface area (Å²) in [4.78, 5) is 10.2. The van der Waals surface area contributed by atoms with Gasteiger partial charge in [0.2, 0.25) is 0 Å². The van der Waals surface area contributed by atoms with Crippen LogP contribution in [0, 0.1) is 10.1 Å². The van der Waals surface area contributed by atoms with E-state index in [-0.39, 0.29) is 5.69 Å². The van der Waals surface area contributed by atoms with Crippen LogP contribution < -0.4 is 20.1 Å². The van der Waals surface area contributed by atoms with E-state index in [2.05, 4.69) is 10.6 Å². The van der Waals surface area contributed by atoms with Gasteiger partial charge in [-0.2, -0.15) is 0 Å². The van der Waals surface area contributed by atoms with Crippen LogP contribution in [0.1, 0.15) is 26.2 Å². The Labute approximate surface area is 170 Å². The lowest BCUT2D eigenvalue weighted by Gasteiger charge is -2.11. The van der Waals surface area contributed by atoms with E-state index in [0.29, 0.717) is 24.1 Å². The van der Waals surface area contributed by atoms with E-state index in [4.69, 9.17) is 21.7 Å². The van der Waals surface area contributed by atoms with Gasteiger partial charge >= 0.3 is 0 Å². The number of nitro groups is 1. The number of nitro benzene ring substituents is 1. The highest BCUT2D eigenvalue weighted by atomic mass is 32.1. The molecule has 150 valence electrons. The summed E-state index contributed by atoms with van der Waals surface area (Å²) in [6.45, 7) is 3.95. The second-order valence-corrected chi connectivity index (χ2v) is 6.41. The van der Waals surface area contributed by atoms with Gasteiger partial charge in [0, 0.05) is 24.4 Å². The third-order valence-electron chi connectivity index (χ3n) is 3.85. The molecule has 0 atom stereocenters. The number of nitrogens with one attached hydrogen (secondary N) is 2. The summed E-state index contributed by atoms with van der Waals surface area (Å²) in [6, 6.07) is 13.8. The van der Waals surface area contributed by atoms with Gasteiger partial charge in [-0.25, -0.2) is 0 Å². The molecule has 2 aromatic carbocycles. The molecule has 0 radical (unpaired) electrons. The predicted octanol–water partition coefficient (Wildman–Crippen LogP) is 4.53. The van der Waals surface area contributed by atoms with Crippen LogP contribution in [0.25, 0.3) is 0 Å². The van der Waals surface area contributed by atoms with Crippen LogP contribution in [0.4, 0.5) is 11.4 Å². The normalized spacial score (nSPS) is 10.2. The Morgan fingerprint density at radius 1 is 1.00 bits per heavy atom. The summed E-state index contributed by atoms with van der Waals surface area (Å²) < 4.78 is 11.0. The van der Waals surface area contributed by atoms with Crippen LogP contribution in [0.5, 0.6) is 11.5 Å². The van der Waals surface area contributed by atoms with Crippen molar-refractivity contribution in [3.8, 4) is 11.5 Å². The molecule has 0 saturated carbocycles. The van der Waals surface area contributed by atoms with E-state index < -0.39 is 4.92 Å². The van der Waals surface area contributed by atoms with Gasteiger partial charge in [-0.1, -0.05) is 0 Å². The topological polar surface area (TPSA) is 85.7 Å². The molecule has 0 unspecified atom stereocenters. The maximum Gasteiger partial charge on any atom is 0.269 e. The molecule has 7 nitrogen and oxygen atoms in total. The number of unbranched alkanes of at least 4 members (excludes halogenated alkanes) is 2. The number of thiocarbonyl (C=S) groups is 1. The number of nitrogens with zero attached hydrogens (tertiary/aromatic N) is 1. The van der Waals surface area contributed by atoms with Crippen molar-refractivity contribution in [1.82, 2.24) is 5.32 Å². The molecule has 0 heterocycles. The van der Waals surface area contributed by atoms with Gasteiger partial charge in [0.1, 0.15) is 11.5 Å². The van der Waals surface area contributed by atoms with Crippen LogP contribution in [0.15, 0.2) is 48.5 Å².